The number of rotatable bonds is 4. The van der Waals surface area contributed by atoms with Gasteiger partial charge in [0.25, 0.3) is 0 Å². The molecule has 2 aromatic carbocycles. The lowest BCUT2D eigenvalue weighted by atomic mass is 10.2. The number of ether oxygens (including phenoxy) is 2. The Morgan fingerprint density at radius 1 is 0.885 bits per heavy atom. The fraction of sp³-hybridized carbons (Fsp3) is 0.111. The highest BCUT2D eigenvalue weighted by molar-refractivity contribution is 6.35. The van der Waals surface area contributed by atoms with Crippen LogP contribution in [0.3, 0.4) is 0 Å². The summed E-state index contributed by atoms with van der Waals surface area (Å²) in [6.45, 7) is 2.05. The Morgan fingerprint density at radius 2 is 1.65 bits per heavy atom. The van der Waals surface area contributed by atoms with Gasteiger partial charge < -0.3 is 20.1 Å². The van der Waals surface area contributed by atoms with Crippen LogP contribution < -0.4 is 20.1 Å². The molecule has 0 spiro atoms. The van der Waals surface area contributed by atoms with Crippen molar-refractivity contribution < 1.29 is 9.47 Å². The molecule has 26 heavy (non-hydrogen) atoms. The third kappa shape index (κ3) is 3.61. The number of anilines is 4. The summed E-state index contributed by atoms with van der Waals surface area (Å²) in [7, 11) is 0. The van der Waals surface area contributed by atoms with Crippen LogP contribution in [0.2, 0.25) is 10.0 Å². The van der Waals surface area contributed by atoms with Crippen molar-refractivity contribution in [2.24, 2.45) is 0 Å². The van der Waals surface area contributed by atoms with Crippen molar-refractivity contribution in [1.82, 2.24) is 9.97 Å². The smallest absolute Gasteiger partial charge is 0.231 e. The predicted octanol–water partition coefficient (Wildman–Crippen LogP) is 5.31. The molecule has 132 valence electrons. The largest absolute Gasteiger partial charge is 0.454 e. The van der Waals surface area contributed by atoms with Crippen LogP contribution in [0.1, 0.15) is 5.82 Å². The van der Waals surface area contributed by atoms with Gasteiger partial charge in [-0.2, -0.15) is 0 Å². The van der Waals surface area contributed by atoms with Crippen LogP contribution in [0.25, 0.3) is 0 Å². The summed E-state index contributed by atoms with van der Waals surface area (Å²) in [5, 5.41) is 7.55. The molecule has 0 atom stereocenters. The summed E-state index contributed by atoms with van der Waals surface area (Å²) in [6, 6.07) is 12.6. The molecule has 0 radical (unpaired) electrons. The molecule has 0 amide bonds. The summed E-state index contributed by atoms with van der Waals surface area (Å²) in [6.07, 6.45) is 0. The second-order valence-corrected chi connectivity index (χ2v) is 6.47. The molecule has 1 aliphatic heterocycles. The Labute approximate surface area is 160 Å². The molecule has 0 saturated heterocycles. The molecule has 2 heterocycles. The molecule has 1 aromatic heterocycles. The molecule has 0 saturated carbocycles. The number of fused-ring (bicyclic) bond motifs is 1. The number of benzene rings is 2. The first-order valence-corrected chi connectivity index (χ1v) is 8.57. The van der Waals surface area contributed by atoms with Gasteiger partial charge in [-0.25, -0.2) is 9.97 Å². The Kier molecular flexibility index (Phi) is 4.44. The lowest BCUT2D eigenvalue weighted by Gasteiger charge is -2.12. The number of nitrogens with zero attached hydrogens (tertiary/aromatic N) is 2. The zero-order valence-corrected chi connectivity index (χ0v) is 15.2. The second kappa shape index (κ2) is 6.90. The van der Waals surface area contributed by atoms with Crippen molar-refractivity contribution in [1.29, 1.82) is 0 Å². The normalized spacial score (nSPS) is 12.1. The third-order valence-corrected chi connectivity index (χ3v) is 4.24. The molecule has 6 nitrogen and oxygen atoms in total. The van der Waals surface area contributed by atoms with Gasteiger partial charge in [0.2, 0.25) is 6.79 Å². The third-order valence-electron chi connectivity index (χ3n) is 3.67. The average molecular weight is 389 g/mol. The molecule has 4 rings (SSSR count). The van der Waals surface area contributed by atoms with Crippen LogP contribution in [-0.2, 0) is 0 Å². The van der Waals surface area contributed by atoms with E-state index in [1.807, 2.05) is 25.1 Å². The maximum absolute atomic E-state index is 6.20. The van der Waals surface area contributed by atoms with Crippen LogP contribution in [0.15, 0.2) is 42.5 Å². The number of hydrogen-bond donors (Lipinski definition) is 2. The van der Waals surface area contributed by atoms with E-state index < -0.39 is 0 Å². The van der Waals surface area contributed by atoms with Gasteiger partial charge in [-0.3, -0.25) is 0 Å². The molecule has 0 fully saturated rings. The Hall–Kier alpha value is -2.70. The number of nitrogens with one attached hydrogen (secondary N) is 2. The van der Waals surface area contributed by atoms with Crippen molar-refractivity contribution in [3.8, 4) is 11.5 Å². The minimum absolute atomic E-state index is 0.236. The predicted molar refractivity (Wildman–Crippen MR) is 102 cm³/mol. The SMILES string of the molecule is Cc1nc(Nc2ccc3c(c2)OCO3)cc(Nc2cc(Cl)ccc2Cl)n1. The summed E-state index contributed by atoms with van der Waals surface area (Å²) in [5.74, 6) is 3.27. The van der Waals surface area contributed by atoms with Gasteiger partial charge in [0, 0.05) is 22.8 Å². The number of halogens is 2. The topological polar surface area (TPSA) is 68.3 Å². The van der Waals surface area contributed by atoms with E-state index in [9.17, 15) is 0 Å². The molecular formula is C18H14Cl2N4O2. The van der Waals surface area contributed by atoms with Crippen molar-refractivity contribution in [2.75, 3.05) is 17.4 Å². The van der Waals surface area contributed by atoms with Gasteiger partial charge in [0.05, 0.1) is 10.7 Å². The lowest BCUT2D eigenvalue weighted by molar-refractivity contribution is 0.174. The summed E-state index contributed by atoms with van der Waals surface area (Å²) >= 11 is 12.2. The van der Waals surface area contributed by atoms with E-state index in [1.54, 1.807) is 24.3 Å². The highest BCUT2D eigenvalue weighted by Gasteiger charge is 2.14. The molecule has 8 heteroatoms. The standard InChI is InChI=1S/C18H14Cl2N4O2/c1-10-21-17(23-12-3-5-15-16(7-12)26-9-25-15)8-18(22-10)24-14-6-11(19)2-4-13(14)20/h2-8H,9H2,1H3,(H2,21,22,23,24). The zero-order chi connectivity index (χ0) is 18.1. The molecule has 0 aliphatic carbocycles. The fourth-order valence-electron chi connectivity index (χ4n) is 2.55. The summed E-state index contributed by atoms with van der Waals surface area (Å²) < 4.78 is 10.7. The molecular weight excluding hydrogens is 375 g/mol. The first-order chi connectivity index (χ1) is 12.6. The second-order valence-electron chi connectivity index (χ2n) is 5.63. The van der Waals surface area contributed by atoms with Crippen molar-refractivity contribution in [2.45, 2.75) is 6.92 Å². The average Bonchev–Trinajstić information content (AvgIpc) is 3.05. The quantitative estimate of drug-likeness (QED) is 0.631. The molecule has 0 bridgehead atoms. The van der Waals surface area contributed by atoms with Gasteiger partial charge in [-0.15, -0.1) is 0 Å². The van der Waals surface area contributed by atoms with E-state index in [-0.39, 0.29) is 6.79 Å². The van der Waals surface area contributed by atoms with Gasteiger partial charge in [-0.1, -0.05) is 23.2 Å². The summed E-state index contributed by atoms with van der Waals surface area (Å²) in [5.41, 5.74) is 1.50. The van der Waals surface area contributed by atoms with Crippen molar-refractivity contribution >= 4 is 46.2 Å². The van der Waals surface area contributed by atoms with Gasteiger partial charge in [-0.05, 0) is 37.3 Å². The minimum Gasteiger partial charge on any atom is -0.454 e. The fourth-order valence-corrected chi connectivity index (χ4v) is 2.89. The zero-order valence-electron chi connectivity index (χ0n) is 13.7. The van der Waals surface area contributed by atoms with E-state index in [1.165, 1.54) is 0 Å². The van der Waals surface area contributed by atoms with Crippen molar-refractivity contribution in [3.63, 3.8) is 0 Å². The first kappa shape index (κ1) is 16.8. The maximum Gasteiger partial charge on any atom is 0.231 e. The van der Waals surface area contributed by atoms with Gasteiger partial charge >= 0.3 is 0 Å². The Bertz CT molecular complexity index is 981. The minimum atomic E-state index is 0.236. The van der Waals surface area contributed by atoms with Crippen LogP contribution in [0.5, 0.6) is 11.5 Å². The first-order valence-electron chi connectivity index (χ1n) is 7.81. The number of hydrogen-bond acceptors (Lipinski definition) is 6. The molecule has 0 unspecified atom stereocenters. The van der Waals surface area contributed by atoms with E-state index >= 15 is 0 Å². The van der Waals surface area contributed by atoms with E-state index in [2.05, 4.69) is 20.6 Å². The maximum atomic E-state index is 6.20. The highest BCUT2D eigenvalue weighted by Crippen LogP contribution is 2.35. The van der Waals surface area contributed by atoms with Crippen LogP contribution in [0.4, 0.5) is 23.0 Å². The van der Waals surface area contributed by atoms with Crippen molar-refractivity contribution in [3.05, 3.63) is 58.3 Å². The van der Waals surface area contributed by atoms with E-state index in [0.717, 1.165) is 11.4 Å². The molecule has 2 N–H and O–H groups in total. The monoisotopic (exact) mass is 388 g/mol. The van der Waals surface area contributed by atoms with E-state index in [4.69, 9.17) is 32.7 Å². The van der Waals surface area contributed by atoms with Crippen LogP contribution in [0, 0.1) is 6.92 Å². The Balaban J connectivity index is 1.59. The van der Waals surface area contributed by atoms with Crippen LogP contribution >= 0.6 is 23.2 Å². The molecule has 1 aliphatic rings. The van der Waals surface area contributed by atoms with Gasteiger partial charge in [0.1, 0.15) is 17.5 Å². The number of aryl methyl sites for hydroxylation is 1. The lowest BCUT2D eigenvalue weighted by Crippen LogP contribution is -2.01. The summed E-state index contributed by atoms with van der Waals surface area (Å²) in [4.78, 5) is 8.80. The number of aromatic nitrogens is 2. The highest BCUT2D eigenvalue weighted by atomic mass is 35.5. The van der Waals surface area contributed by atoms with Gasteiger partial charge in [0.15, 0.2) is 11.5 Å². The molecule has 3 aromatic rings. The van der Waals surface area contributed by atoms with E-state index in [0.29, 0.717) is 38.9 Å². The Morgan fingerprint density at radius 3 is 2.50 bits per heavy atom. The van der Waals surface area contributed by atoms with Crippen LogP contribution in [-0.4, -0.2) is 16.8 Å².